The molecule has 0 amide bonds. The Morgan fingerprint density at radius 1 is 1.33 bits per heavy atom. The van der Waals surface area contributed by atoms with Gasteiger partial charge in [-0.2, -0.15) is 0 Å². The zero-order valence-corrected chi connectivity index (χ0v) is 11.7. The van der Waals surface area contributed by atoms with Crippen LogP contribution in [0.2, 0.25) is 0 Å². The molecule has 2 aromatic rings. The molecule has 0 fully saturated rings. The molecule has 1 heterocycles. The lowest BCUT2D eigenvalue weighted by Crippen LogP contribution is -2.28. The molecule has 0 aliphatic rings. The van der Waals surface area contributed by atoms with Crippen molar-refractivity contribution in [3.8, 4) is 5.75 Å². The first kappa shape index (κ1) is 13.0. The topological polar surface area (TPSA) is 28.3 Å². The van der Waals surface area contributed by atoms with E-state index in [0.717, 1.165) is 24.2 Å². The number of nitrogens with one attached hydrogen (secondary N) is 1. The standard InChI is InChI=1S/C15H22N2O/c1-11(2)17(3)9-8-12-10-16-13-6-5-7-14(18-4)15(12)13/h5-7,10-11,16H,8-9H2,1-4H3. The minimum atomic E-state index is 0.581. The predicted octanol–water partition coefficient (Wildman–Crippen LogP) is 3.06. The predicted molar refractivity (Wildman–Crippen MR) is 76.3 cm³/mol. The molecule has 2 rings (SSSR count). The Kier molecular flexibility index (Phi) is 3.92. The first-order chi connectivity index (χ1) is 8.63. The van der Waals surface area contributed by atoms with E-state index >= 15 is 0 Å². The van der Waals surface area contributed by atoms with Crippen LogP contribution in [-0.2, 0) is 6.42 Å². The Labute approximate surface area is 109 Å². The third-order valence-corrected chi connectivity index (χ3v) is 3.58. The fourth-order valence-corrected chi connectivity index (χ4v) is 2.14. The second-order valence-electron chi connectivity index (χ2n) is 5.02. The zero-order chi connectivity index (χ0) is 13.1. The Morgan fingerprint density at radius 3 is 2.78 bits per heavy atom. The molecule has 1 N–H and O–H groups in total. The third kappa shape index (κ3) is 2.51. The molecule has 0 saturated heterocycles. The van der Waals surface area contributed by atoms with Crippen LogP contribution in [0.4, 0.5) is 0 Å². The summed E-state index contributed by atoms with van der Waals surface area (Å²) in [5.41, 5.74) is 2.48. The van der Waals surface area contributed by atoms with Crippen LogP contribution in [0.15, 0.2) is 24.4 Å². The van der Waals surface area contributed by atoms with Gasteiger partial charge in [-0.25, -0.2) is 0 Å². The Bertz CT molecular complexity index is 516. The zero-order valence-electron chi connectivity index (χ0n) is 11.7. The van der Waals surface area contributed by atoms with Crippen molar-refractivity contribution in [2.75, 3.05) is 20.7 Å². The highest BCUT2D eigenvalue weighted by Gasteiger charge is 2.10. The number of fused-ring (bicyclic) bond motifs is 1. The molecule has 0 unspecified atom stereocenters. The van der Waals surface area contributed by atoms with Crippen molar-refractivity contribution in [2.45, 2.75) is 26.3 Å². The van der Waals surface area contributed by atoms with E-state index in [0.29, 0.717) is 6.04 Å². The van der Waals surface area contributed by atoms with Crippen molar-refractivity contribution in [2.24, 2.45) is 0 Å². The fraction of sp³-hybridized carbons (Fsp3) is 0.467. The number of aromatic amines is 1. The first-order valence-corrected chi connectivity index (χ1v) is 6.46. The van der Waals surface area contributed by atoms with Crippen molar-refractivity contribution in [3.63, 3.8) is 0 Å². The Morgan fingerprint density at radius 2 is 2.11 bits per heavy atom. The second-order valence-corrected chi connectivity index (χ2v) is 5.02. The maximum Gasteiger partial charge on any atom is 0.128 e. The number of benzene rings is 1. The lowest BCUT2D eigenvalue weighted by Gasteiger charge is -2.20. The summed E-state index contributed by atoms with van der Waals surface area (Å²) in [5.74, 6) is 0.955. The molecule has 1 aromatic heterocycles. The van der Waals surface area contributed by atoms with Gasteiger partial charge in [-0.1, -0.05) is 6.07 Å². The SMILES string of the molecule is COc1cccc2[nH]cc(CCN(C)C(C)C)c12. The Balaban J connectivity index is 2.23. The molecule has 18 heavy (non-hydrogen) atoms. The minimum absolute atomic E-state index is 0.581. The van der Waals surface area contributed by atoms with Crippen molar-refractivity contribution >= 4 is 10.9 Å². The summed E-state index contributed by atoms with van der Waals surface area (Å²) < 4.78 is 5.45. The molecule has 0 atom stereocenters. The molecule has 1 aromatic carbocycles. The van der Waals surface area contributed by atoms with Crippen LogP contribution >= 0.6 is 0 Å². The molecule has 3 nitrogen and oxygen atoms in total. The van der Waals surface area contributed by atoms with Gasteiger partial charge in [-0.15, -0.1) is 0 Å². The van der Waals surface area contributed by atoms with E-state index < -0.39 is 0 Å². The molecule has 0 spiro atoms. The van der Waals surface area contributed by atoms with Gasteiger partial charge in [0, 0.05) is 29.7 Å². The highest BCUT2D eigenvalue weighted by Crippen LogP contribution is 2.28. The van der Waals surface area contributed by atoms with Gasteiger partial charge in [0.2, 0.25) is 0 Å². The molecule has 0 aliphatic heterocycles. The van der Waals surface area contributed by atoms with Gasteiger partial charge in [0.1, 0.15) is 5.75 Å². The largest absolute Gasteiger partial charge is 0.496 e. The van der Waals surface area contributed by atoms with E-state index in [1.807, 2.05) is 12.1 Å². The molecule has 0 bridgehead atoms. The smallest absolute Gasteiger partial charge is 0.128 e. The summed E-state index contributed by atoms with van der Waals surface area (Å²) in [7, 11) is 3.89. The average molecular weight is 246 g/mol. The molecule has 0 radical (unpaired) electrons. The summed E-state index contributed by atoms with van der Waals surface area (Å²) >= 11 is 0. The van der Waals surface area contributed by atoms with Crippen LogP contribution in [0.1, 0.15) is 19.4 Å². The monoisotopic (exact) mass is 246 g/mol. The van der Waals surface area contributed by atoms with Gasteiger partial charge in [0.05, 0.1) is 7.11 Å². The quantitative estimate of drug-likeness (QED) is 0.878. The number of hydrogen-bond donors (Lipinski definition) is 1. The molecule has 0 saturated carbocycles. The van der Waals surface area contributed by atoms with Gasteiger partial charge < -0.3 is 14.6 Å². The third-order valence-electron chi connectivity index (χ3n) is 3.58. The molecular weight excluding hydrogens is 224 g/mol. The van der Waals surface area contributed by atoms with Crippen molar-refractivity contribution in [1.82, 2.24) is 9.88 Å². The summed E-state index contributed by atoms with van der Waals surface area (Å²) in [6.45, 7) is 5.49. The fourth-order valence-electron chi connectivity index (χ4n) is 2.14. The second kappa shape index (κ2) is 5.44. The van der Waals surface area contributed by atoms with Crippen LogP contribution in [0.3, 0.4) is 0 Å². The minimum Gasteiger partial charge on any atom is -0.496 e. The van der Waals surface area contributed by atoms with Crippen molar-refractivity contribution in [3.05, 3.63) is 30.0 Å². The van der Waals surface area contributed by atoms with E-state index in [1.165, 1.54) is 10.9 Å². The van der Waals surface area contributed by atoms with Crippen LogP contribution in [-0.4, -0.2) is 36.6 Å². The molecule has 3 heteroatoms. The van der Waals surface area contributed by atoms with Gasteiger partial charge in [0.25, 0.3) is 0 Å². The van der Waals surface area contributed by atoms with Crippen LogP contribution in [0, 0.1) is 0 Å². The summed E-state index contributed by atoms with van der Waals surface area (Å²) in [6.07, 6.45) is 3.14. The highest BCUT2D eigenvalue weighted by atomic mass is 16.5. The number of aromatic nitrogens is 1. The number of ether oxygens (including phenoxy) is 1. The van der Waals surface area contributed by atoms with Gasteiger partial charge >= 0.3 is 0 Å². The molecule has 98 valence electrons. The first-order valence-electron chi connectivity index (χ1n) is 6.46. The maximum absolute atomic E-state index is 5.45. The summed E-state index contributed by atoms with van der Waals surface area (Å²) in [6, 6.07) is 6.71. The van der Waals surface area contributed by atoms with E-state index in [-0.39, 0.29) is 0 Å². The van der Waals surface area contributed by atoms with Crippen molar-refractivity contribution < 1.29 is 4.74 Å². The number of hydrogen-bond acceptors (Lipinski definition) is 2. The van der Waals surface area contributed by atoms with E-state index in [1.54, 1.807) is 7.11 Å². The van der Waals surface area contributed by atoms with Gasteiger partial charge in [-0.3, -0.25) is 0 Å². The summed E-state index contributed by atoms with van der Waals surface area (Å²) in [5, 5.41) is 1.22. The maximum atomic E-state index is 5.45. The van der Waals surface area contributed by atoms with Gasteiger partial charge in [0.15, 0.2) is 0 Å². The number of rotatable bonds is 5. The highest BCUT2D eigenvalue weighted by molar-refractivity contribution is 5.89. The lowest BCUT2D eigenvalue weighted by atomic mass is 10.1. The van der Waals surface area contributed by atoms with Crippen molar-refractivity contribution in [1.29, 1.82) is 0 Å². The van der Waals surface area contributed by atoms with E-state index in [4.69, 9.17) is 4.74 Å². The van der Waals surface area contributed by atoms with Crippen LogP contribution < -0.4 is 4.74 Å². The van der Waals surface area contributed by atoms with E-state index in [9.17, 15) is 0 Å². The molecule has 0 aliphatic carbocycles. The number of nitrogens with zero attached hydrogens (tertiary/aromatic N) is 1. The van der Waals surface area contributed by atoms with E-state index in [2.05, 4.69) is 43.0 Å². The van der Waals surface area contributed by atoms with Crippen LogP contribution in [0.25, 0.3) is 10.9 Å². The molecular formula is C15H22N2O. The lowest BCUT2D eigenvalue weighted by molar-refractivity contribution is 0.277. The average Bonchev–Trinajstić information content (AvgIpc) is 2.78. The summed E-state index contributed by atoms with van der Waals surface area (Å²) in [4.78, 5) is 5.67. The normalized spacial score (nSPS) is 11.7. The van der Waals surface area contributed by atoms with Crippen LogP contribution in [0.5, 0.6) is 5.75 Å². The number of methoxy groups -OCH3 is 1. The van der Waals surface area contributed by atoms with Gasteiger partial charge in [-0.05, 0) is 45.0 Å². The number of likely N-dealkylation sites (N-methyl/N-ethyl adjacent to an activating group) is 1. The Hall–Kier alpha value is -1.48. The number of H-pyrrole nitrogens is 1.